The number of aliphatic hydroxyl groups is 2. The molecule has 0 spiro atoms. The second-order valence-corrected chi connectivity index (χ2v) is 3.14. The predicted octanol–water partition coefficient (Wildman–Crippen LogP) is -0.188. The van der Waals surface area contributed by atoms with Crippen LogP contribution in [0, 0.1) is 0 Å². The first-order chi connectivity index (χ1) is 8.41. The minimum atomic E-state index is -1.81. The van der Waals surface area contributed by atoms with Gasteiger partial charge in [-0.25, -0.2) is 9.59 Å². The molecule has 1 heterocycles. The Balaban J connectivity index is 0.000000351. The van der Waals surface area contributed by atoms with Gasteiger partial charge in [0.15, 0.2) is 0 Å². The molecule has 1 saturated heterocycles. The van der Waals surface area contributed by atoms with Crippen molar-refractivity contribution in [2.24, 2.45) is 0 Å². The van der Waals surface area contributed by atoms with E-state index in [-0.39, 0.29) is 6.61 Å². The van der Waals surface area contributed by atoms with Crippen LogP contribution in [0.4, 0.5) is 4.79 Å². The van der Waals surface area contributed by atoms with Gasteiger partial charge in [0.05, 0.1) is 13.2 Å². The van der Waals surface area contributed by atoms with Gasteiger partial charge < -0.3 is 24.5 Å². The molecule has 1 aliphatic heterocycles. The van der Waals surface area contributed by atoms with Crippen LogP contribution in [-0.2, 0) is 19.1 Å². The van der Waals surface area contributed by atoms with Gasteiger partial charge >= 0.3 is 12.1 Å². The van der Waals surface area contributed by atoms with Crippen molar-refractivity contribution in [2.45, 2.75) is 25.7 Å². The van der Waals surface area contributed by atoms with E-state index >= 15 is 0 Å². The molecule has 0 aromatic carbocycles. The van der Waals surface area contributed by atoms with Crippen LogP contribution in [0.5, 0.6) is 0 Å². The first-order valence-corrected chi connectivity index (χ1v) is 5.26. The third-order valence-corrected chi connectivity index (χ3v) is 1.66. The van der Waals surface area contributed by atoms with Crippen LogP contribution in [0.15, 0.2) is 12.7 Å². The lowest BCUT2D eigenvalue weighted by Crippen LogP contribution is -2.26. The highest BCUT2D eigenvalue weighted by molar-refractivity contribution is 5.82. The van der Waals surface area contributed by atoms with Gasteiger partial charge in [-0.15, -0.1) is 5.48 Å². The molecule has 0 bridgehead atoms. The van der Waals surface area contributed by atoms with Crippen molar-refractivity contribution in [2.75, 3.05) is 13.2 Å². The zero-order valence-electron chi connectivity index (χ0n) is 10.0. The van der Waals surface area contributed by atoms with Crippen molar-refractivity contribution < 1.29 is 34.1 Å². The Morgan fingerprint density at radius 1 is 1.56 bits per heavy atom. The van der Waals surface area contributed by atoms with Crippen LogP contribution in [0.1, 0.15) is 19.8 Å². The monoisotopic (exact) mass is 263 g/mol. The maximum Gasteiger partial charge on any atom is 0.440 e. The summed E-state index contributed by atoms with van der Waals surface area (Å²) in [7, 11) is 0. The molecule has 8 heteroatoms. The molecule has 0 radical (unpaired) electrons. The summed E-state index contributed by atoms with van der Waals surface area (Å²) in [6.45, 7) is 5.44. The average Bonchev–Trinajstić information content (AvgIpc) is 2.72. The molecule has 1 aliphatic rings. The molecule has 0 aromatic heterocycles. The van der Waals surface area contributed by atoms with Crippen LogP contribution >= 0.6 is 0 Å². The number of hydroxylamine groups is 1. The summed E-state index contributed by atoms with van der Waals surface area (Å²) in [6, 6.07) is 0. The second-order valence-electron chi connectivity index (χ2n) is 3.14. The first-order valence-electron chi connectivity index (χ1n) is 5.26. The molecule has 0 aromatic rings. The molecule has 18 heavy (non-hydrogen) atoms. The Morgan fingerprint density at radius 3 is 2.56 bits per heavy atom. The molecule has 0 atom stereocenters. The zero-order valence-corrected chi connectivity index (χ0v) is 10.0. The van der Waals surface area contributed by atoms with Gasteiger partial charge in [-0.05, 0) is 13.3 Å². The lowest BCUT2D eigenvalue weighted by Gasteiger charge is -2.10. The molecular weight excluding hydrogens is 246 g/mol. The molecule has 3 N–H and O–H groups in total. The van der Waals surface area contributed by atoms with Gasteiger partial charge in [0, 0.05) is 12.5 Å². The standard InChI is InChI=1S/C6H9NO4.C4H8O3/c1-3-5(8)11-7-6(9)10-4-2;5-4(6)2-1-3-7-4/h3H,1,4H2,2H3,(H,7,9);5-6H,1-3H2. The van der Waals surface area contributed by atoms with E-state index in [1.54, 1.807) is 12.4 Å². The number of carbonyl (C=O) groups excluding carboxylic acids is 2. The smallest absolute Gasteiger partial charge is 0.440 e. The fourth-order valence-corrected chi connectivity index (χ4v) is 0.904. The van der Waals surface area contributed by atoms with Crippen molar-refractivity contribution in [1.82, 2.24) is 5.48 Å². The largest absolute Gasteiger partial charge is 0.448 e. The Morgan fingerprint density at radius 2 is 2.22 bits per heavy atom. The molecule has 0 aliphatic carbocycles. The minimum absolute atomic E-state index is 0.220. The van der Waals surface area contributed by atoms with E-state index in [2.05, 4.69) is 20.9 Å². The fourth-order valence-electron chi connectivity index (χ4n) is 0.904. The van der Waals surface area contributed by atoms with E-state index in [0.717, 1.165) is 12.5 Å². The number of hydrogen-bond donors (Lipinski definition) is 3. The summed E-state index contributed by atoms with van der Waals surface area (Å²) >= 11 is 0. The number of ether oxygens (including phenoxy) is 2. The van der Waals surface area contributed by atoms with Crippen LogP contribution < -0.4 is 5.48 Å². The average molecular weight is 263 g/mol. The summed E-state index contributed by atoms with van der Waals surface area (Å²) in [5.41, 5.74) is 1.75. The minimum Gasteiger partial charge on any atom is -0.448 e. The lowest BCUT2D eigenvalue weighted by atomic mass is 10.3. The number of rotatable bonds is 2. The van der Waals surface area contributed by atoms with E-state index < -0.39 is 18.0 Å². The van der Waals surface area contributed by atoms with Crippen molar-refractivity contribution in [3.05, 3.63) is 12.7 Å². The first kappa shape index (κ1) is 16.4. The third-order valence-electron chi connectivity index (χ3n) is 1.66. The van der Waals surface area contributed by atoms with Crippen LogP contribution in [0.25, 0.3) is 0 Å². The molecule has 8 nitrogen and oxygen atoms in total. The Labute approximate surface area is 104 Å². The highest BCUT2D eigenvalue weighted by atomic mass is 16.8. The second kappa shape index (κ2) is 8.45. The molecule has 0 unspecified atom stereocenters. The van der Waals surface area contributed by atoms with Gasteiger partial charge in [-0.2, -0.15) is 0 Å². The number of amides is 1. The van der Waals surface area contributed by atoms with Gasteiger partial charge in [0.1, 0.15) is 0 Å². The zero-order chi connectivity index (χ0) is 14.0. The molecule has 0 saturated carbocycles. The quantitative estimate of drug-likeness (QED) is 0.359. The topological polar surface area (TPSA) is 114 Å². The van der Waals surface area contributed by atoms with E-state index in [1.165, 1.54) is 0 Å². The molecular formula is C10H17NO7. The summed E-state index contributed by atoms with van der Waals surface area (Å²) in [5, 5.41) is 17.1. The number of nitrogens with one attached hydrogen (secondary N) is 1. The molecule has 1 fully saturated rings. The van der Waals surface area contributed by atoms with Crippen LogP contribution in [0.2, 0.25) is 0 Å². The maximum absolute atomic E-state index is 10.4. The van der Waals surface area contributed by atoms with Crippen LogP contribution in [-0.4, -0.2) is 41.5 Å². The molecule has 1 amide bonds. The van der Waals surface area contributed by atoms with Gasteiger partial charge in [-0.1, -0.05) is 6.58 Å². The third kappa shape index (κ3) is 8.50. The van der Waals surface area contributed by atoms with Gasteiger partial charge in [-0.3, -0.25) is 0 Å². The van der Waals surface area contributed by atoms with Crippen molar-refractivity contribution >= 4 is 12.1 Å². The highest BCUT2D eigenvalue weighted by Gasteiger charge is 2.28. The Kier molecular flexibility index (Phi) is 7.68. The Bertz CT molecular complexity index is 282. The summed E-state index contributed by atoms with van der Waals surface area (Å²) in [5.74, 6) is -2.54. The van der Waals surface area contributed by atoms with Crippen LogP contribution in [0.3, 0.4) is 0 Å². The summed E-state index contributed by atoms with van der Waals surface area (Å²) in [6.07, 6.45) is 1.20. The number of carbonyl (C=O) groups is 2. The van der Waals surface area contributed by atoms with E-state index in [1.807, 2.05) is 0 Å². The van der Waals surface area contributed by atoms with E-state index in [9.17, 15) is 9.59 Å². The lowest BCUT2D eigenvalue weighted by molar-refractivity contribution is -0.313. The molecule has 104 valence electrons. The van der Waals surface area contributed by atoms with E-state index in [0.29, 0.717) is 13.0 Å². The fraction of sp³-hybridized carbons (Fsp3) is 0.600. The van der Waals surface area contributed by atoms with Gasteiger partial charge in [0.2, 0.25) is 0 Å². The van der Waals surface area contributed by atoms with Crippen molar-refractivity contribution in [3.63, 3.8) is 0 Å². The predicted molar refractivity (Wildman–Crippen MR) is 58.8 cm³/mol. The van der Waals surface area contributed by atoms with Gasteiger partial charge in [0.25, 0.3) is 5.97 Å². The number of hydrogen-bond acceptors (Lipinski definition) is 7. The SMILES string of the molecule is C=CC(=O)ONC(=O)OCC.OC1(O)CCCO1. The van der Waals surface area contributed by atoms with Crippen molar-refractivity contribution in [3.8, 4) is 0 Å². The summed E-state index contributed by atoms with van der Waals surface area (Å²) < 4.78 is 8.83. The summed E-state index contributed by atoms with van der Waals surface area (Å²) in [4.78, 5) is 24.9. The van der Waals surface area contributed by atoms with Crippen molar-refractivity contribution in [1.29, 1.82) is 0 Å². The highest BCUT2D eigenvalue weighted by Crippen LogP contribution is 2.17. The molecule has 1 rings (SSSR count). The maximum atomic E-state index is 10.4. The normalized spacial score (nSPS) is 15.9. The Hall–Kier alpha value is -1.64. The van der Waals surface area contributed by atoms with E-state index in [4.69, 9.17) is 10.2 Å².